The fourth-order valence-corrected chi connectivity index (χ4v) is 4.92. The first-order chi connectivity index (χ1) is 16.7. The van der Waals surface area contributed by atoms with Crippen molar-refractivity contribution in [1.29, 1.82) is 0 Å². The highest BCUT2D eigenvalue weighted by Gasteiger charge is 2.21. The summed E-state index contributed by atoms with van der Waals surface area (Å²) in [5.74, 6) is 2.60. The van der Waals surface area contributed by atoms with Gasteiger partial charge < -0.3 is 19.9 Å². The summed E-state index contributed by atoms with van der Waals surface area (Å²) in [6.45, 7) is 3.56. The van der Waals surface area contributed by atoms with Crippen LogP contribution in [0.3, 0.4) is 0 Å². The van der Waals surface area contributed by atoms with E-state index >= 15 is 0 Å². The highest BCUT2D eigenvalue weighted by molar-refractivity contribution is 5.76. The van der Waals surface area contributed by atoms with Gasteiger partial charge in [-0.15, -0.1) is 15.3 Å². The van der Waals surface area contributed by atoms with Crippen LogP contribution >= 0.6 is 0 Å². The van der Waals surface area contributed by atoms with E-state index in [1.165, 1.54) is 24.9 Å². The van der Waals surface area contributed by atoms with Gasteiger partial charge in [-0.2, -0.15) is 4.52 Å². The molecule has 0 atom stereocenters. The number of methoxy groups -OCH3 is 1. The fourth-order valence-electron chi connectivity index (χ4n) is 4.92. The molecule has 180 valence electrons. The fraction of sp³-hybridized carbons (Fsp3) is 0.520. The molecule has 1 saturated carbocycles. The molecule has 1 aromatic carbocycles. The van der Waals surface area contributed by atoms with E-state index in [1.807, 2.05) is 24.3 Å². The summed E-state index contributed by atoms with van der Waals surface area (Å²) in [6.07, 6.45) is 6.82. The van der Waals surface area contributed by atoms with Crippen LogP contribution in [0.25, 0.3) is 5.65 Å². The number of rotatable bonds is 7. The number of hydrogen-bond donors (Lipinski definition) is 1. The van der Waals surface area contributed by atoms with E-state index in [-0.39, 0.29) is 5.91 Å². The maximum atomic E-state index is 12.4. The van der Waals surface area contributed by atoms with Gasteiger partial charge >= 0.3 is 0 Å². The Bertz CT molecular complexity index is 1120. The van der Waals surface area contributed by atoms with Crippen LogP contribution in [0, 0.1) is 0 Å². The van der Waals surface area contributed by atoms with Crippen LogP contribution in [0.1, 0.15) is 44.3 Å². The molecule has 0 spiro atoms. The Morgan fingerprint density at radius 1 is 1.03 bits per heavy atom. The van der Waals surface area contributed by atoms with Crippen molar-refractivity contribution in [2.75, 3.05) is 43.1 Å². The van der Waals surface area contributed by atoms with Gasteiger partial charge in [0.1, 0.15) is 11.6 Å². The number of benzene rings is 1. The highest BCUT2D eigenvalue weighted by atomic mass is 16.5. The van der Waals surface area contributed by atoms with Crippen molar-refractivity contribution < 1.29 is 9.53 Å². The first-order valence-corrected chi connectivity index (χ1v) is 12.3. The van der Waals surface area contributed by atoms with E-state index in [0.29, 0.717) is 24.5 Å². The normalized spacial score (nSPS) is 17.2. The summed E-state index contributed by atoms with van der Waals surface area (Å²) < 4.78 is 7.16. The van der Waals surface area contributed by atoms with Gasteiger partial charge in [0.15, 0.2) is 11.5 Å². The molecule has 1 amide bonds. The summed E-state index contributed by atoms with van der Waals surface area (Å²) >= 11 is 0. The maximum absolute atomic E-state index is 12.4. The minimum Gasteiger partial charge on any atom is -0.497 e. The third-order valence-corrected chi connectivity index (χ3v) is 6.88. The SMILES string of the molecule is COc1cccc(N2CCN(c3ccc4nnc(CCC(=O)NC5CCCCC5)n4n3)CC2)c1. The number of nitrogens with zero attached hydrogens (tertiary/aromatic N) is 6. The monoisotopic (exact) mass is 463 g/mol. The number of anilines is 2. The molecule has 34 heavy (non-hydrogen) atoms. The van der Waals surface area contributed by atoms with E-state index in [0.717, 1.165) is 56.4 Å². The third-order valence-electron chi connectivity index (χ3n) is 6.88. The molecule has 0 bridgehead atoms. The van der Waals surface area contributed by atoms with Crippen LogP contribution in [0.2, 0.25) is 0 Å². The summed E-state index contributed by atoms with van der Waals surface area (Å²) in [5.41, 5.74) is 1.89. The predicted octanol–water partition coefficient (Wildman–Crippen LogP) is 2.84. The molecule has 9 heteroatoms. The Kier molecular flexibility index (Phi) is 6.78. The maximum Gasteiger partial charge on any atom is 0.220 e. The lowest BCUT2D eigenvalue weighted by atomic mass is 9.95. The Hall–Kier alpha value is -3.36. The van der Waals surface area contributed by atoms with Gasteiger partial charge in [-0.05, 0) is 37.1 Å². The van der Waals surface area contributed by atoms with E-state index in [1.54, 1.807) is 11.6 Å². The molecule has 1 N–H and O–H groups in total. The lowest BCUT2D eigenvalue weighted by molar-refractivity contribution is -0.122. The van der Waals surface area contributed by atoms with E-state index in [4.69, 9.17) is 9.84 Å². The lowest BCUT2D eigenvalue weighted by Gasteiger charge is -2.36. The molecule has 1 saturated heterocycles. The van der Waals surface area contributed by atoms with Gasteiger partial charge in [0.25, 0.3) is 0 Å². The first kappa shape index (κ1) is 22.4. The van der Waals surface area contributed by atoms with Crippen LogP contribution in [-0.2, 0) is 11.2 Å². The Balaban J connectivity index is 1.20. The molecule has 3 aromatic rings. The van der Waals surface area contributed by atoms with Gasteiger partial charge in [-0.3, -0.25) is 4.79 Å². The number of carbonyl (C=O) groups is 1. The molecule has 9 nitrogen and oxygen atoms in total. The topological polar surface area (TPSA) is 87.9 Å². The molecule has 5 rings (SSSR count). The van der Waals surface area contributed by atoms with Gasteiger partial charge in [-0.1, -0.05) is 25.3 Å². The third kappa shape index (κ3) is 5.08. The van der Waals surface area contributed by atoms with Crippen LogP contribution in [0.4, 0.5) is 11.5 Å². The minimum atomic E-state index is 0.0912. The van der Waals surface area contributed by atoms with Gasteiger partial charge in [0.05, 0.1) is 7.11 Å². The minimum absolute atomic E-state index is 0.0912. The summed E-state index contributed by atoms with van der Waals surface area (Å²) in [5, 5.41) is 16.6. The summed E-state index contributed by atoms with van der Waals surface area (Å²) in [4.78, 5) is 17.1. The number of hydrogen-bond acceptors (Lipinski definition) is 7. The zero-order chi connectivity index (χ0) is 23.3. The van der Waals surface area contributed by atoms with Crippen molar-refractivity contribution in [1.82, 2.24) is 25.1 Å². The molecular weight excluding hydrogens is 430 g/mol. The molecule has 2 aromatic heterocycles. The van der Waals surface area contributed by atoms with Crippen molar-refractivity contribution in [2.45, 2.75) is 51.0 Å². The van der Waals surface area contributed by atoms with Gasteiger partial charge in [-0.25, -0.2) is 0 Å². The number of carbonyl (C=O) groups excluding carboxylic acids is 1. The van der Waals surface area contributed by atoms with Crippen LogP contribution in [0.5, 0.6) is 5.75 Å². The predicted molar refractivity (Wildman–Crippen MR) is 132 cm³/mol. The van der Waals surface area contributed by atoms with Crippen molar-refractivity contribution in [3.63, 3.8) is 0 Å². The zero-order valence-corrected chi connectivity index (χ0v) is 19.8. The summed E-state index contributed by atoms with van der Waals surface area (Å²) in [7, 11) is 1.70. The average Bonchev–Trinajstić information content (AvgIpc) is 3.30. The van der Waals surface area contributed by atoms with Crippen molar-refractivity contribution in [3.05, 3.63) is 42.2 Å². The molecule has 0 radical (unpaired) electrons. The number of fused-ring (bicyclic) bond motifs is 1. The smallest absolute Gasteiger partial charge is 0.220 e. The molecule has 2 fully saturated rings. The number of nitrogens with one attached hydrogen (secondary N) is 1. The second-order valence-corrected chi connectivity index (χ2v) is 9.16. The Labute approximate surface area is 200 Å². The zero-order valence-electron chi connectivity index (χ0n) is 19.8. The molecule has 1 aliphatic heterocycles. The van der Waals surface area contributed by atoms with E-state index < -0.39 is 0 Å². The van der Waals surface area contributed by atoms with Crippen molar-refractivity contribution in [3.8, 4) is 5.75 Å². The Morgan fingerprint density at radius 2 is 1.82 bits per heavy atom. The molecule has 2 aliphatic rings. The van der Waals surface area contributed by atoms with Gasteiger partial charge in [0, 0.05) is 56.8 Å². The number of aromatic nitrogens is 4. The van der Waals surface area contributed by atoms with Crippen molar-refractivity contribution >= 4 is 23.1 Å². The van der Waals surface area contributed by atoms with Crippen LogP contribution in [0.15, 0.2) is 36.4 Å². The molecule has 3 heterocycles. The van der Waals surface area contributed by atoms with Gasteiger partial charge in [0.2, 0.25) is 5.91 Å². The molecule has 1 aliphatic carbocycles. The molecular formula is C25H33N7O2. The highest BCUT2D eigenvalue weighted by Crippen LogP contribution is 2.23. The van der Waals surface area contributed by atoms with Crippen LogP contribution in [-0.4, -0.2) is 65.0 Å². The largest absolute Gasteiger partial charge is 0.497 e. The summed E-state index contributed by atoms with van der Waals surface area (Å²) in [6, 6.07) is 12.5. The van der Waals surface area contributed by atoms with E-state index in [2.05, 4.69) is 37.4 Å². The Morgan fingerprint density at radius 3 is 2.62 bits per heavy atom. The standard InChI is InChI=1S/C25H33N7O2/c1-34-21-9-5-8-20(18-21)30-14-16-31(17-15-30)24-11-10-22-27-28-23(32(22)29-24)12-13-25(33)26-19-6-3-2-4-7-19/h5,8-11,18-19H,2-4,6-7,12-17H2,1H3,(H,26,33). The quantitative estimate of drug-likeness (QED) is 0.576. The van der Waals surface area contributed by atoms with E-state index in [9.17, 15) is 4.79 Å². The molecule has 0 unspecified atom stereocenters. The number of aryl methyl sites for hydroxylation is 1. The second-order valence-electron chi connectivity index (χ2n) is 9.16. The second kappa shape index (κ2) is 10.3. The number of amides is 1. The first-order valence-electron chi connectivity index (χ1n) is 12.3. The lowest BCUT2D eigenvalue weighted by Crippen LogP contribution is -2.47. The van der Waals surface area contributed by atoms with Crippen molar-refractivity contribution in [2.24, 2.45) is 0 Å². The number of piperazine rings is 1. The van der Waals surface area contributed by atoms with Crippen LogP contribution < -0.4 is 19.9 Å². The number of ether oxygens (including phenoxy) is 1. The average molecular weight is 464 g/mol.